The molecule has 0 aliphatic heterocycles. The third-order valence-corrected chi connectivity index (χ3v) is 3.59. The van der Waals surface area contributed by atoms with Gasteiger partial charge in [0.15, 0.2) is 5.96 Å². The number of nitrogens with two attached hydrogens (primary N) is 1. The topological polar surface area (TPSA) is 85.7 Å². The quantitative estimate of drug-likeness (QED) is 0.606. The molecule has 1 heterocycles. The Hall–Kier alpha value is -2.34. The van der Waals surface area contributed by atoms with E-state index in [0.717, 1.165) is 41.1 Å². The van der Waals surface area contributed by atoms with Crippen LogP contribution in [0.5, 0.6) is 0 Å². The number of hydrogen-bond acceptors (Lipinski definition) is 4. The molecular weight excluding hydrogens is 292 g/mol. The largest absolute Gasteiger partial charge is 0.380 e. The summed E-state index contributed by atoms with van der Waals surface area (Å²) in [6.45, 7) is 5.06. The first-order valence-electron chi connectivity index (χ1n) is 7.79. The Kier molecular flexibility index (Phi) is 6.17. The summed E-state index contributed by atoms with van der Waals surface area (Å²) in [6.07, 6.45) is 1.61. The maximum Gasteiger partial charge on any atom is 0.193 e. The van der Waals surface area contributed by atoms with E-state index in [9.17, 15) is 0 Å². The maximum absolute atomic E-state index is 6.02. The highest BCUT2D eigenvalue weighted by Crippen LogP contribution is 2.18. The van der Waals surface area contributed by atoms with Gasteiger partial charge in [-0.3, -0.25) is 0 Å². The molecule has 0 aliphatic rings. The van der Waals surface area contributed by atoms with E-state index in [1.165, 1.54) is 0 Å². The third kappa shape index (κ3) is 4.32. The molecule has 0 amide bonds. The molecule has 0 bridgehead atoms. The molecule has 6 heteroatoms. The third-order valence-electron chi connectivity index (χ3n) is 3.59. The van der Waals surface area contributed by atoms with Crippen molar-refractivity contribution in [3.05, 3.63) is 46.8 Å². The maximum atomic E-state index is 6.02. The smallest absolute Gasteiger partial charge is 0.193 e. The normalized spacial score (nSPS) is 11.7. The van der Waals surface area contributed by atoms with E-state index in [4.69, 9.17) is 15.0 Å². The van der Waals surface area contributed by atoms with Crippen LogP contribution < -0.4 is 11.1 Å². The van der Waals surface area contributed by atoms with Crippen molar-refractivity contribution in [1.29, 1.82) is 0 Å². The molecule has 6 nitrogen and oxygen atoms in total. The Bertz CT molecular complexity index is 643. The molecule has 2 aromatic rings. The number of aliphatic imine (C=N–C) groups is 1. The van der Waals surface area contributed by atoms with Crippen LogP contribution in [-0.4, -0.2) is 18.2 Å². The summed E-state index contributed by atoms with van der Waals surface area (Å²) in [4.78, 5) is 4.42. The molecule has 0 radical (unpaired) electrons. The lowest BCUT2D eigenvalue weighted by atomic mass is 10.1. The number of ether oxygens (including phenoxy) is 1. The van der Waals surface area contributed by atoms with Crippen LogP contribution in [0.1, 0.15) is 36.4 Å². The molecule has 0 fully saturated rings. The van der Waals surface area contributed by atoms with Crippen LogP contribution in [0.4, 0.5) is 5.69 Å². The Balaban J connectivity index is 2.11. The summed E-state index contributed by atoms with van der Waals surface area (Å²) < 4.78 is 10.5. The summed E-state index contributed by atoms with van der Waals surface area (Å²) in [5.74, 6) is 1.23. The van der Waals surface area contributed by atoms with Crippen LogP contribution in [0, 0.1) is 0 Å². The first-order valence-corrected chi connectivity index (χ1v) is 7.79. The molecule has 0 aliphatic carbocycles. The number of hydrogen-bond donors (Lipinski definition) is 2. The number of rotatable bonds is 7. The lowest BCUT2D eigenvalue weighted by Gasteiger charge is -2.10. The number of nitrogens with zero attached hydrogens (tertiary/aromatic N) is 2. The van der Waals surface area contributed by atoms with Crippen LogP contribution in [0.25, 0.3) is 0 Å². The molecule has 0 spiro atoms. The second-order valence-electron chi connectivity index (χ2n) is 5.15. The highest BCUT2D eigenvalue weighted by molar-refractivity contribution is 5.92. The summed E-state index contributed by atoms with van der Waals surface area (Å²) in [5.41, 5.74) is 9.92. The lowest BCUT2D eigenvalue weighted by Crippen LogP contribution is -2.23. The standard InChI is InChI=1S/C17H24N4O2/c1-4-14-13(16(5-2)23-21-14)10-19-17(18)20-15-9-7-6-8-12(15)11-22-3/h6-9H,4-5,10-11H2,1-3H3,(H3,18,19,20). The molecule has 1 aromatic heterocycles. The fourth-order valence-corrected chi connectivity index (χ4v) is 2.38. The molecule has 1 aromatic carbocycles. The number of para-hydroxylation sites is 1. The van der Waals surface area contributed by atoms with Gasteiger partial charge in [0.2, 0.25) is 0 Å². The number of benzene rings is 1. The fraction of sp³-hybridized carbons (Fsp3) is 0.412. The van der Waals surface area contributed by atoms with Crippen LogP contribution in [0.2, 0.25) is 0 Å². The minimum Gasteiger partial charge on any atom is -0.380 e. The van der Waals surface area contributed by atoms with Crippen molar-refractivity contribution < 1.29 is 9.26 Å². The highest BCUT2D eigenvalue weighted by Gasteiger charge is 2.12. The molecular formula is C17H24N4O2. The average Bonchev–Trinajstić information content (AvgIpc) is 2.97. The van der Waals surface area contributed by atoms with Crippen molar-refractivity contribution in [1.82, 2.24) is 5.16 Å². The summed E-state index contributed by atoms with van der Waals surface area (Å²) in [6, 6.07) is 7.85. The van der Waals surface area contributed by atoms with Crippen molar-refractivity contribution in [2.24, 2.45) is 10.7 Å². The molecule has 0 unspecified atom stereocenters. The van der Waals surface area contributed by atoms with Gasteiger partial charge < -0.3 is 20.3 Å². The molecule has 0 saturated carbocycles. The zero-order chi connectivity index (χ0) is 16.7. The van der Waals surface area contributed by atoms with Crippen molar-refractivity contribution in [3.8, 4) is 0 Å². The molecule has 2 rings (SSSR count). The van der Waals surface area contributed by atoms with Gasteiger partial charge in [0.05, 0.1) is 18.8 Å². The van der Waals surface area contributed by atoms with Crippen molar-refractivity contribution in [3.63, 3.8) is 0 Å². The average molecular weight is 316 g/mol. The van der Waals surface area contributed by atoms with E-state index >= 15 is 0 Å². The van der Waals surface area contributed by atoms with E-state index in [-0.39, 0.29) is 0 Å². The Morgan fingerprint density at radius 3 is 2.78 bits per heavy atom. The molecule has 0 atom stereocenters. The minimum atomic E-state index is 0.360. The number of guanidine groups is 1. The van der Waals surface area contributed by atoms with Gasteiger partial charge in [-0.1, -0.05) is 37.2 Å². The van der Waals surface area contributed by atoms with Gasteiger partial charge in [-0.2, -0.15) is 0 Å². The highest BCUT2D eigenvalue weighted by atomic mass is 16.5. The molecule has 3 N–H and O–H groups in total. The second-order valence-corrected chi connectivity index (χ2v) is 5.15. The van der Waals surface area contributed by atoms with Gasteiger partial charge in [0.25, 0.3) is 0 Å². The van der Waals surface area contributed by atoms with E-state index in [0.29, 0.717) is 19.1 Å². The van der Waals surface area contributed by atoms with Gasteiger partial charge in [-0.15, -0.1) is 0 Å². The molecule has 23 heavy (non-hydrogen) atoms. The Morgan fingerprint density at radius 2 is 2.09 bits per heavy atom. The monoisotopic (exact) mass is 316 g/mol. The zero-order valence-corrected chi connectivity index (χ0v) is 13.9. The van der Waals surface area contributed by atoms with Crippen molar-refractivity contribution >= 4 is 11.6 Å². The minimum absolute atomic E-state index is 0.360. The van der Waals surface area contributed by atoms with Crippen LogP contribution >= 0.6 is 0 Å². The first-order chi connectivity index (χ1) is 11.2. The molecule has 0 saturated heterocycles. The van der Waals surface area contributed by atoms with Crippen LogP contribution in [-0.2, 0) is 30.7 Å². The Labute approximate surface area is 136 Å². The SMILES string of the molecule is CCc1noc(CC)c1CN=C(N)Nc1ccccc1COC. The van der Waals surface area contributed by atoms with E-state index in [2.05, 4.69) is 15.5 Å². The number of aryl methyl sites for hydroxylation is 2. The number of anilines is 1. The van der Waals surface area contributed by atoms with Crippen molar-refractivity contribution in [2.45, 2.75) is 39.8 Å². The lowest BCUT2D eigenvalue weighted by molar-refractivity contribution is 0.185. The van der Waals surface area contributed by atoms with Gasteiger partial charge >= 0.3 is 0 Å². The summed E-state index contributed by atoms with van der Waals surface area (Å²) in [5, 5.41) is 7.21. The van der Waals surface area contributed by atoms with E-state index in [1.807, 2.05) is 38.1 Å². The second kappa shape index (κ2) is 8.33. The number of nitrogens with one attached hydrogen (secondary N) is 1. The summed E-state index contributed by atoms with van der Waals surface area (Å²) in [7, 11) is 1.67. The zero-order valence-electron chi connectivity index (χ0n) is 13.9. The van der Waals surface area contributed by atoms with Gasteiger partial charge in [0.1, 0.15) is 5.76 Å². The predicted molar refractivity (Wildman–Crippen MR) is 91.4 cm³/mol. The summed E-state index contributed by atoms with van der Waals surface area (Å²) >= 11 is 0. The van der Waals surface area contributed by atoms with Gasteiger partial charge in [-0.05, 0) is 12.5 Å². The number of aromatic nitrogens is 1. The van der Waals surface area contributed by atoms with Gasteiger partial charge in [0, 0.05) is 30.3 Å². The predicted octanol–water partition coefficient (Wildman–Crippen LogP) is 2.87. The number of methoxy groups -OCH3 is 1. The van der Waals surface area contributed by atoms with E-state index < -0.39 is 0 Å². The Morgan fingerprint density at radius 1 is 1.30 bits per heavy atom. The molecule has 124 valence electrons. The van der Waals surface area contributed by atoms with E-state index in [1.54, 1.807) is 7.11 Å². The van der Waals surface area contributed by atoms with Crippen LogP contribution in [0.15, 0.2) is 33.8 Å². The van der Waals surface area contributed by atoms with Gasteiger partial charge in [-0.25, -0.2) is 4.99 Å². The van der Waals surface area contributed by atoms with Crippen molar-refractivity contribution in [2.75, 3.05) is 12.4 Å². The fourth-order valence-electron chi connectivity index (χ4n) is 2.38. The van der Waals surface area contributed by atoms with Crippen LogP contribution in [0.3, 0.4) is 0 Å². The first kappa shape index (κ1) is 17.0.